The largest absolute Gasteiger partial charge is 0.481 e. The van der Waals surface area contributed by atoms with Crippen molar-refractivity contribution in [1.82, 2.24) is 20.1 Å². The van der Waals surface area contributed by atoms with Gasteiger partial charge in [-0.2, -0.15) is 0 Å². The first kappa shape index (κ1) is 24.6. The zero-order chi connectivity index (χ0) is 25.1. The van der Waals surface area contributed by atoms with Gasteiger partial charge in [0.1, 0.15) is 5.01 Å². The van der Waals surface area contributed by atoms with Crippen LogP contribution < -0.4 is 5.32 Å². The van der Waals surface area contributed by atoms with Crippen molar-refractivity contribution in [3.63, 3.8) is 0 Å². The van der Waals surface area contributed by atoms with Gasteiger partial charge in [-0.3, -0.25) is 14.5 Å². The molecule has 7 nitrogen and oxygen atoms in total. The molecule has 1 saturated heterocycles. The second-order valence-corrected chi connectivity index (χ2v) is 11.0. The highest BCUT2D eigenvalue weighted by Crippen LogP contribution is 2.40. The van der Waals surface area contributed by atoms with Crippen molar-refractivity contribution in [2.45, 2.75) is 32.4 Å². The third-order valence-electron chi connectivity index (χ3n) is 7.32. The molecule has 3 aromatic rings. The molecular formula is C28H32N4O3S. The van der Waals surface area contributed by atoms with E-state index >= 15 is 0 Å². The topological polar surface area (TPSA) is 85.8 Å². The van der Waals surface area contributed by atoms with Gasteiger partial charge in [-0.15, -0.1) is 11.3 Å². The fourth-order valence-corrected chi connectivity index (χ4v) is 6.05. The number of fused-ring (bicyclic) bond motifs is 1. The van der Waals surface area contributed by atoms with E-state index in [1.165, 1.54) is 16.9 Å². The summed E-state index contributed by atoms with van der Waals surface area (Å²) in [5, 5.41) is 15.3. The molecule has 0 atom stereocenters. The number of hydrogen-bond acceptors (Lipinski definition) is 6. The number of hydrogen-bond donors (Lipinski definition) is 2. The van der Waals surface area contributed by atoms with Crippen LogP contribution in [-0.2, 0) is 35.5 Å². The minimum atomic E-state index is -0.953. The van der Waals surface area contributed by atoms with Gasteiger partial charge in [-0.05, 0) is 42.6 Å². The Balaban J connectivity index is 1.23. The lowest BCUT2D eigenvalue weighted by molar-refractivity contribution is -0.145. The maximum absolute atomic E-state index is 13.3. The van der Waals surface area contributed by atoms with Gasteiger partial charge < -0.3 is 15.3 Å². The van der Waals surface area contributed by atoms with Crippen LogP contribution >= 0.6 is 11.3 Å². The second kappa shape index (κ2) is 10.5. The number of rotatable bonds is 8. The van der Waals surface area contributed by atoms with Gasteiger partial charge in [0.05, 0.1) is 24.1 Å². The molecule has 0 bridgehead atoms. The number of amides is 1. The number of benzene rings is 2. The monoisotopic (exact) mass is 504 g/mol. The van der Waals surface area contributed by atoms with Crippen LogP contribution in [0.4, 0.5) is 0 Å². The summed E-state index contributed by atoms with van der Waals surface area (Å²) >= 11 is 1.51. The van der Waals surface area contributed by atoms with Crippen molar-refractivity contribution in [3.8, 4) is 11.3 Å². The molecule has 2 N–H and O–H groups in total. The van der Waals surface area contributed by atoms with Gasteiger partial charge in [0.2, 0.25) is 5.91 Å². The molecule has 1 fully saturated rings. The summed E-state index contributed by atoms with van der Waals surface area (Å²) in [5.74, 6) is -1.17. The number of likely N-dealkylation sites (N-methyl/N-ethyl adjacent to an activating group) is 1. The molecule has 0 saturated carbocycles. The molecule has 188 valence electrons. The molecule has 2 aromatic carbocycles. The summed E-state index contributed by atoms with van der Waals surface area (Å²) in [4.78, 5) is 34.5. The fraction of sp³-hybridized carbons (Fsp3) is 0.393. The zero-order valence-corrected chi connectivity index (χ0v) is 21.4. The molecule has 0 radical (unpaired) electrons. The van der Waals surface area contributed by atoms with Crippen LogP contribution in [0.1, 0.15) is 28.1 Å². The lowest BCUT2D eigenvalue weighted by Gasteiger charge is -2.32. The first-order valence-electron chi connectivity index (χ1n) is 12.4. The number of aromatic nitrogens is 1. The Bertz CT molecular complexity index is 1220. The van der Waals surface area contributed by atoms with Gasteiger partial charge in [0.25, 0.3) is 0 Å². The summed E-state index contributed by atoms with van der Waals surface area (Å²) < 4.78 is 0. The van der Waals surface area contributed by atoms with E-state index < -0.39 is 11.4 Å². The Morgan fingerprint density at radius 3 is 2.47 bits per heavy atom. The van der Waals surface area contributed by atoms with E-state index in [1.54, 1.807) is 0 Å². The summed E-state index contributed by atoms with van der Waals surface area (Å²) in [6.45, 7) is 5.58. The van der Waals surface area contributed by atoms with Crippen molar-refractivity contribution in [2.75, 3.05) is 33.2 Å². The van der Waals surface area contributed by atoms with E-state index in [9.17, 15) is 14.7 Å². The van der Waals surface area contributed by atoms with E-state index in [-0.39, 0.29) is 12.3 Å². The minimum Gasteiger partial charge on any atom is -0.481 e. The fourth-order valence-electron chi connectivity index (χ4n) is 5.31. The molecule has 1 aliphatic carbocycles. The third-order valence-corrected chi connectivity index (χ3v) is 8.17. The molecule has 5 rings (SSSR count). The molecule has 8 heteroatoms. The third kappa shape index (κ3) is 5.51. The average Bonchev–Trinajstić information content (AvgIpc) is 3.49. The number of carbonyl (C=O) groups excluding carboxylic acids is 1. The van der Waals surface area contributed by atoms with Gasteiger partial charge >= 0.3 is 5.97 Å². The quantitative estimate of drug-likeness (QED) is 0.489. The molecule has 1 aliphatic heterocycles. The molecule has 0 spiro atoms. The molecule has 36 heavy (non-hydrogen) atoms. The molecule has 2 aliphatic rings. The van der Waals surface area contributed by atoms with E-state index in [2.05, 4.69) is 46.4 Å². The number of carboxylic acids is 1. The zero-order valence-electron chi connectivity index (χ0n) is 20.6. The average molecular weight is 505 g/mol. The van der Waals surface area contributed by atoms with E-state index in [4.69, 9.17) is 4.98 Å². The van der Waals surface area contributed by atoms with Crippen LogP contribution in [0, 0.1) is 5.41 Å². The number of carboxylic acid groups (broad SMARTS) is 1. The van der Waals surface area contributed by atoms with E-state index in [0.717, 1.165) is 60.1 Å². The Morgan fingerprint density at radius 1 is 1.06 bits per heavy atom. The second-order valence-electron chi connectivity index (χ2n) is 10.1. The van der Waals surface area contributed by atoms with Crippen molar-refractivity contribution >= 4 is 23.2 Å². The summed E-state index contributed by atoms with van der Waals surface area (Å²) in [5.41, 5.74) is 4.41. The smallest absolute Gasteiger partial charge is 0.304 e. The van der Waals surface area contributed by atoms with Crippen molar-refractivity contribution < 1.29 is 14.7 Å². The first-order chi connectivity index (χ1) is 17.4. The summed E-state index contributed by atoms with van der Waals surface area (Å²) in [6.07, 6.45) is 0.714. The Hall–Kier alpha value is -3.07. The van der Waals surface area contributed by atoms with E-state index in [0.29, 0.717) is 19.4 Å². The highest BCUT2D eigenvalue weighted by atomic mass is 32.1. The number of thiazole rings is 1. The molecule has 1 amide bonds. The highest BCUT2D eigenvalue weighted by molar-refractivity contribution is 7.09. The van der Waals surface area contributed by atoms with Gasteiger partial charge in [-0.25, -0.2) is 4.98 Å². The van der Waals surface area contributed by atoms with Crippen molar-refractivity contribution in [2.24, 2.45) is 5.41 Å². The highest BCUT2D eigenvalue weighted by Gasteiger charge is 2.45. The van der Waals surface area contributed by atoms with Crippen LogP contribution in [0.15, 0.2) is 53.9 Å². The maximum Gasteiger partial charge on any atom is 0.304 e. The minimum absolute atomic E-state index is 0.184. The van der Waals surface area contributed by atoms with Crippen LogP contribution in [0.2, 0.25) is 0 Å². The Kier molecular flexibility index (Phi) is 7.18. The number of aliphatic carboxylic acids is 1. The number of piperazine rings is 1. The lowest BCUT2D eigenvalue weighted by Crippen LogP contribution is -2.43. The maximum atomic E-state index is 13.3. The summed E-state index contributed by atoms with van der Waals surface area (Å²) in [7, 11) is 2.17. The molecule has 2 heterocycles. The van der Waals surface area contributed by atoms with Gasteiger partial charge in [-0.1, -0.05) is 42.5 Å². The Labute approximate surface area is 215 Å². The molecule has 1 aromatic heterocycles. The van der Waals surface area contributed by atoms with Crippen LogP contribution in [0.25, 0.3) is 11.3 Å². The van der Waals surface area contributed by atoms with Crippen LogP contribution in [-0.4, -0.2) is 65.0 Å². The number of carbonyl (C=O) groups is 2. The normalized spacial score (nSPS) is 17.6. The first-order valence-corrected chi connectivity index (χ1v) is 13.3. The van der Waals surface area contributed by atoms with E-state index in [1.807, 2.05) is 29.6 Å². The standard InChI is InChI=1S/C28H32N4O3S/c1-31-9-11-32(12-10-31)18-20-5-4-8-21(13-20)24-19-36-25(30-24)17-29-27(35)28(16-26(33)34)14-22-6-2-3-7-23(22)15-28/h2-8,13,19H,9-12,14-18H2,1H3,(H,29,35)(H,33,34). The number of nitrogens with one attached hydrogen (secondary N) is 1. The van der Waals surface area contributed by atoms with Crippen LogP contribution in [0.5, 0.6) is 0 Å². The Morgan fingerprint density at radius 2 is 1.78 bits per heavy atom. The van der Waals surface area contributed by atoms with Gasteiger partial charge in [0, 0.05) is 43.7 Å². The van der Waals surface area contributed by atoms with Gasteiger partial charge in [0.15, 0.2) is 0 Å². The molecule has 0 unspecified atom stereocenters. The summed E-state index contributed by atoms with van der Waals surface area (Å²) in [6, 6.07) is 16.4. The van der Waals surface area contributed by atoms with Crippen LogP contribution in [0.3, 0.4) is 0 Å². The lowest BCUT2D eigenvalue weighted by atomic mass is 9.80. The number of nitrogens with zero attached hydrogens (tertiary/aromatic N) is 3. The predicted octanol–water partition coefficient (Wildman–Crippen LogP) is 3.43. The predicted molar refractivity (Wildman–Crippen MR) is 141 cm³/mol. The van der Waals surface area contributed by atoms with Crippen molar-refractivity contribution in [3.05, 3.63) is 75.6 Å². The SMILES string of the molecule is CN1CCN(Cc2cccc(-c3csc(CNC(=O)C4(CC(=O)O)Cc5ccccc5C4)n3)c2)CC1. The molecular weight excluding hydrogens is 472 g/mol. The van der Waals surface area contributed by atoms with Crippen molar-refractivity contribution in [1.29, 1.82) is 0 Å².